The molecule has 0 spiro atoms. The molecule has 3 heteroatoms. The second kappa shape index (κ2) is 8.74. The van der Waals surface area contributed by atoms with Gasteiger partial charge in [0, 0.05) is 0 Å². The van der Waals surface area contributed by atoms with E-state index in [1.807, 2.05) is 13.8 Å². The Hall–Kier alpha value is -2.44. The first-order chi connectivity index (χ1) is 14.2. The normalized spacial score (nSPS) is 12.5. The van der Waals surface area contributed by atoms with Gasteiger partial charge in [0.05, 0.1) is 11.6 Å². The van der Waals surface area contributed by atoms with E-state index in [2.05, 4.69) is 105 Å². The zero-order valence-electron chi connectivity index (χ0n) is 18.4. The van der Waals surface area contributed by atoms with Crippen LogP contribution in [0, 0.1) is 10.8 Å². The van der Waals surface area contributed by atoms with E-state index in [1.165, 1.54) is 15.9 Å². The first-order valence-corrected chi connectivity index (χ1v) is 12.5. The predicted molar refractivity (Wildman–Crippen MR) is 130 cm³/mol. The van der Waals surface area contributed by atoms with Crippen LogP contribution < -0.4 is 15.9 Å². The van der Waals surface area contributed by atoms with Crippen molar-refractivity contribution in [2.75, 3.05) is 6.16 Å². The summed E-state index contributed by atoms with van der Waals surface area (Å²) in [5.74, 6) is -0.740. The van der Waals surface area contributed by atoms with Crippen molar-refractivity contribution < 1.29 is 9.90 Å². The van der Waals surface area contributed by atoms with Gasteiger partial charge in [-0.2, -0.15) is 0 Å². The Kier molecular flexibility index (Phi) is 6.48. The lowest BCUT2D eigenvalue weighted by molar-refractivity contribution is -0.153. The Bertz CT molecular complexity index is 867. The van der Waals surface area contributed by atoms with Crippen LogP contribution in [0.4, 0.5) is 0 Å². The molecule has 0 aliphatic carbocycles. The maximum Gasteiger partial charge on any atom is 0.309 e. The maximum absolute atomic E-state index is 12.0. The average Bonchev–Trinajstić information content (AvgIpc) is 2.76. The van der Waals surface area contributed by atoms with Crippen molar-refractivity contribution in [3.63, 3.8) is 0 Å². The van der Waals surface area contributed by atoms with E-state index < -0.39 is 18.6 Å². The van der Waals surface area contributed by atoms with E-state index in [1.54, 1.807) is 0 Å². The molecular formula is C27H32O2P+. The molecular weight excluding hydrogens is 387 g/mol. The van der Waals surface area contributed by atoms with Crippen LogP contribution in [0.2, 0.25) is 0 Å². The zero-order valence-corrected chi connectivity index (χ0v) is 19.3. The molecule has 0 aliphatic rings. The largest absolute Gasteiger partial charge is 0.481 e. The van der Waals surface area contributed by atoms with E-state index in [4.69, 9.17) is 0 Å². The number of benzene rings is 3. The molecule has 0 atom stereocenters. The molecule has 3 aromatic carbocycles. The number of carbonyl (C=O) groups is 1. The van der Waals surface area contributed by atoms with Gasteiger partial charge in [0.25, 0.3) is 0 Å². The summed E-state index contributed by atoms with van der Waals surface area (Å²) in [6.07, 6.45) is 1.74. The van der Waals surface area contributed by atoms with Crippen molar-refractivity contribution in [3.8, 4) is 0 Å². The summed E-state index contributed by atoms with van der Waals surface area (Å²) in [6, 6.07) is 32.3. The highest BCUT2D eigenvalue weighted by Crippen LogP contribution is 2.58. The van der Waals surface area contributed by atoms with Crippen molar-refractivity contribution in [3.05, 3.63) is 91.0 Å². The van der Waals surface area contributed by atoms with Gasteiger partial charge in [0.2, 0.25) is 0 Å². The van der Waals surface area contributed by atoms with Gasteiger partial charge >= 0.3 is 5.97 Å². The molecule has 0 fully saturated rings. The van der Waals surface area contributed by atoms with Crippen LogP contribution in [-0.4, -0.2) is 17.2 Å². The molecule has 30 heavy (non-hydrogen) atoms. The summed E-state index contributed by atoms with van der Waals surface area (Å²) in [5.41, 5.74) is -1.17. The lowest BCUT2D eigenvalue weighted by atomic mass is 9.66. The molecule has 0 amide bonds. The first kappa shape index (κ1) is 22.2. The lowest BCUT2D eigenvalue weighted by Crippen LogP contribution is -2.42. The molecule has 1 N–H and O–H groups in total. The molecule has 0 radical (unpaired) electrons. The highest BCUT2D eigenvalue weighted by molar-refractivity contribution is 7.95. The van der Waals surface area contributed by atoms with E-state index in [9.17, 15) is 9.90 Å². The minimum Gasteiger partial charge on any atom is -0.481 e. The topological polar surface area (TPSA) is 37.3 Å². The Morgan fingerprint density at radius 1 is 0.700 bits per heavy atom. The molecule has 156 valence electrons. The highest BCUT2D eigenvalue weighted by Gasteiger charge is 2.49. The quantitative estimate of drug-likeness (QED) is 0.489. The van der Waals surface area contributed by atoms with Crippen molar-refractivity contribution in [1.29, 1.82) is 0 Å². The first-order valence-electron chi connectivity index (χ1n) is 10.5. The molecule has 3 aromatic rings. The van der Waals surface area contributed by atoms with E-state index in [0.29, 0.717) is 0 Å². The summed E-state index contributed by atoms with van der Waals surface area (Å²) < 4.78 is 0. The van der Waals surface area contributed by atoms with Crippen LogP contribution in [0.5, 0.6) is 0 Å². The third kappa shape index (κ3) is 4.07. The predicted octanol–water partition coefficient (Wildman–Crippen LogP) is 5.51. The fraction of sp³-hybridized carbons (Fsp3) is 0.296. The molecule has 0 aromatic heterocycles. The van der Waals surface area contributed by atoms with Crippen LogP contribution in [-0.2, 0) is 4.79 Å². The van der Waals surface area contributed by atoms with Crippen molar-refractivity contribution in [2.45, 2.75) is 34.1 Å². The number of hydrogen-bond donors (Lipinski definition) is 1. The summed E-state index contributed by atoms with van der Waals surface area (Å²) in [4.78, 5) is 12.0. The van der Waals surface area contributed by atoms with Crippen LogP contribution in [0.15, 0.2) is 91.0 Å². The Labute approximate surface area is 181 Å². The third-order valence-corrected chi connectivity index (χ3v) is 11.3. The number of aliphatic carboxylic acids is 1. The van der Waals surface area contributed by atoms with Crippen molar-refractivity contribution in [2.24, 2.45) is 10.8 Å². The summed E-state index contributed by atoms with van der Waals surface area (Å²) in [6.45, 7) is 7.89. The molecule has 0 heterocycles. The van der Waals surface area contributed by atoms with Gasteiger partial charge < -0.3 is 5.11 Å². The maximum atomic E-state index is 12.0. The van der Waals surface area contributed by atoms with Gasteiger partial charge in [0.15, 0.2) is 0 Å². The molecule has 0 saturated carbocycles. The number of hydrogen-bond acceptors (Lipinski definition) is 1. The summed E-state index contributed by atoms with van der Waals surface area (Å²) in [5, 5.41) is 13.9. The average molecular weight is 420 g/mol. The summed E-state index contributed by atoms with van der Waals surface area (Å²) >= 11 is 0. The SMILES string of the molecule is CC(C)(CC[P+](c1ccccc1)(c1ccccc1)c1ccccc1)C(C)(C)C(=O)O. The Morgan fingerprint density at radius 3 is 1.33 bits per heavy atom. The van der Waals surface area contributed by atoms with E-state index >= 15 is 0 Å². The van der Waals surface area contributed by atoms with Gasteiger partial charge in [-0.3, -0.25) is 4.79 Å². The zero-order chi connectivity index (χ0) is 21.8. The fourth-order valence-corrected chi connectivity index (χ4v) is 8.54. The van der Waals surface area contributed by atoms with Gasteiger partial charge in [-0.25, -0.2) is 0 Å². The molecule has 0 aliphatic heterocycles. The van der Waals surface area contributed by atoms with E-state index in [0.717, 1.165) is 12.6 Å². The molecule has 0 bridgehead atoms. The number of carboxylic acids is 1. The summed E-state index contributed by atoms with van der Waals surface area (Å²) in [7, 11) is -1.94. The second-order valence-electron chi connectivity index (χ2n) is 9.10. The van der Waals surface area contributed by atoms with Crippen LogP contribution in [0.1, 0.15) is 34.1 Å². The minimum atomic E-state index is -1.94. The Balaban J connectivity index is 2.18. The van der Waals surface area contributed by atoms with Crippen LogP contribution in [0.3, 0.4) is 0 Å². The van der Waals surface area contributed by atoms with E-state index in [-0.39, 0.29) is 5.41 Å². The lowest BCUT2D eigenvalue weighted by Gasteiger charge is -2.39. The molecule has 3 rings (SSSR count). The third-order valence-electron chi connectivity index (χ3n) is 6.89. The van der Waals surface area contributed by atoms with Crippen molar-refractivity contribution in [1.82, 2.24) is 0 Å². The van der Waals surface area contributed by atoms with Gasteiger partial charge in [0.1, 0.15) is 23.2 Å². The highest BCUT2D eigenvalue weighted by atomic mass is 31.2. The van der Waals surface area contributed by atoms with Crippen LogP contribution in [0.25, 0.3) is 0 Å². The fourth-order valence-electron chi connectivity index (χ4n) is 3.93. The molecule has 0 saturated heterocycles. The number of rotatable bonds is 8. The van der Waals surface area contributed by atoms with Gasteiger partial charge in [-0.05, 0) is 62.1 Å². The number of carboxylic acid groups (broad SMARTS) is 1. The second-order valence-corrected chi connectivity index (χ2v) is 12.7. The molecule has 0 unspecified atom stereocenters. The smallest absolute Gasteiger partial charge is 0.309 e. The standard InChI is InChI=1S/C27H31O2P/c1-26(2,27(3,4)25(28)29)20-21-30(22-14-8-5-9-15-22,23-16-10-6-11-17-23)24-18-12-7-13-19-24/h5-19H,20-21H2,1-4H3/p+1. The Morgan fingerprint density at radius 2 is 1.03 bits per heavy atom. The van der Waals surface area contributed by atoms with Crippen LogP contribution >= 0.6 is 7.26 Å². The minimum absolute atomic E-state index is 0.359. The van der Waals surface area contributed by atoms with Gasteiger partial charge in [-0.1, -0.05) is 68.4 Å². The monoisotopic (exact) mass is 419 g/mol. The van der Waals surface area contributed by atoms with Gasteiger partial charge in [-0.15, -0.1) is 0 Å². The molecule has 2 nitrogen and oxygen atoms in total. The van der Waals surface area contributed by atoms with Crippen molar-refractivity contribution >= 4 is 29.1 Å².